The molecular weight excluding hydrogens is 512 g/mol. The zero-order valence-electron chi connectivity index (χ0n) is 25.6. The van der Waals surface area contributed by atoms with Crippen molar-refractivity contribution in [3.8, 4) is 0 Å². The molecule has 0 spiro atoms. The maximum atomic E-state index is 11.2. The van der Waals surface area contributed by atoms with Crippen LogP contribution < -0.4 is 0 Å². The summed E-state index contributed by atoms with van der Waals surface area (Å²) in [7, 11) is 0. The Morgan fingerprint density at radius 3 is 1.60 bits per heavy atom. The highest BCUT2D eigenvalue weighted by atomic mass is 16.6. The summed E-state index contributed by atoms with van der Waals surface area (Å²) in [5.41, 5.74) is 0.399. The number of hydrogen-bond acceptors (Lipinski definition) is 8. The molecule has 0 radical (unpaired) electrons. The molecule has 228 valence electrons. The van der Waals surface area contributed by atoms with Crippen LogP contribution in [0.1, 0.15) is 113 Å². The number of ether oxygens (including phenoxy) is 2. The molecule has 0 saturated heterocycles. The molecule has 4 aliphatic rings. The van der Waals surface area contributed by atoms with Gasteiger partial charge in [0, 0.05) is 38.5 Å². The third-order valence-electron chi connectivity index (χ3n) is 10.6. The largest absolute Gasteiger partial charge is 0.462 e. The normalized spacial score (nSPS) is 37.5. The first-order chi connectivity index (χ1) is 18.7. The standard InChI is InChI=1S/C15H24O3.C13H22O2.C4H6O3/c1-10(9-16)12-6-7-13-14(18-11(2)17)5-4-8-15(12,13)3;1-9(8-14)10-5-6-11-12(15)4-3-7-13(10,11)2;1-3(5)7-4(2)6/h9-10,12-14H,4-8H2,1-3H3;8-12,15H,3-7H2,1-2H3;1-2H3/t10?,12?,13?,14-,15+;9?,10?,11?,12-,13+;/m00./s1. The SMILES string of the molecule is CC(=O)OC(C)=O.CC(=O)O[C@H]1CCC[C@]2(C)C(C(C)C=O)CCC12.CC(C=O)C1CCC2[C@@H](O)CCC[C@]12C. The molecular formula is C32H52O8. The fourth-order valence-corrected chi connectivity index (χ4v) is 8.82. The molecule has 4 fully saturated rings. The van der Waals surface area contributed by atoms with Gasteiger partial charge in [0.05, 0.1) is 6.10 Å². The molecule has 0 amide bonds. The minimum absolute atomic E-state index is 0.0742. The van der Waals surface area contributed by atoms with E-state index in [1.165, 1.54) is 27.2 Å². The Balaban J connectivity index is 0.000000230. The Morgan fingerprint density at radius 1 is 0.725 bits per heavy atom. The topological polar surface area (TPSA) is 124 Å². The molecule has 0 aromatic rings. The monoisotopic (exact) mass is 564 g/mol. The van der Waals surface area contributed by atoms with Crippen molar-refractivity contribution >= 4 is 30.5 Å². The van der Waals surface area contributed by atoms with E-state index < -0.39 is 11.9 Å². The van der Waals surface area contributed by atoms with Crippen LogP contribution in [0.25, 0.3) is 0 Å². The van der Waals surface area contributed by atoms with E-state index in [0.29, 0.717) is 23.7 Å². The number of fused-ring (bicyclic) bond motifs is 2. The number of aliphatic hydroxyl groups excluding tert-OH is 1. The van der Waals surface area contributed by atoms with E-state index >= 15 is 0 Å². The molecule has 0 aromatic carbocycles. The first-order valence-electron chi connectivity index (χ1n) is 15.2. The Morgan fingerprint density at radius 2 is 1.18 bits per heavy atom. The van der Waals surface area contributed by atoms with Crippen LogP contribution in [-0.4, -0.2) is 47.8 Å². The van der Waals surface area contributed by atoms with Crippen LogP contribution in [0.2, 0.25) is 0 Å². The van der Waals surface area contributed by atoms with Crippen LogP contribution in [-0.2, 0) is 33.4 Å². The number of aldehydes is 2. The quantitative estimate of drug-likeness (QED) is 0.265. The van der Waals surface area contributed by atoms with E-state index in [-0.39, 0.29) is 40.8 Å². The van der Waals surface area contributed by atoms with Gasteiger partial charge in [-0.2, -0.15) is 0 Å². The Kier molecular flexibility index (Phi) is 12.5. The third-order valence-corrected chi connectivity index (χ3v) is 10.6. The first-order valence-corrected chi connectivity index (χ1v) is 15.2. The summed E-state index contributed by atoms with van der Waals surface area (Å²) in [6.07, 6.45) is 13.1. The summed E-state index contributed by atoms with van der Waals surface area (Å²) in [5, 5.41) is 10.0. The highest BCUT2D eigenvalue weighted by Crippen LogP contribution is 2.58. The summed E-state index contributed by atoms with van der Waals surface area (Å²) in [6.45, 7) is 12.5. The molecule has 4 aliphatic carbocycles. The van der Waals surface area contributed by atoms with Crippen molar-refractivity contribution in [1.82, 2.24) is 0 Å². The van der Waals surface area contributed by atoms with Gasteiger partial charge >= 0.3 is 17.9 Å². The van der Waals surface area contributed by atoms with E-state index in [1.54, 1.807) is 0 Å². The van der Waals surface area contributed by atoms with E-state index in [4.69, 9.17) is 4.74 Å². The number of rotatable bonds is 5. The van der Waals surface area contributed by atoms with Gasteiger partial charge in [-0.05, 0) is 86.4 Å². The lowest BCUT2D eigenvalue weighted by Gasteiger charge is -2.45. The molecule has 1 N–H and O–H groups in total. The fourth-order valence-electron chi connectivity index (χ4n) is 8.82. The second kappa shape index (κ2) is 14.7. The Labute approximate surface area is 240 Å². The van der Waals surface area contributed by atoms with Gasteiger partial charge in [0.25, 0.3) is 0 Å². The number of carbonyl (C=O) groups excluding carboxylic acids is 5. The maximum absolute atomic E-state index is 11.2. The van der Waals surface area contributed by atoms with Gasteiger partial charge in [0.2, 0.25) is 0 Å². The van der Waals surface area contributed by atoms with Crippen LogP contribution in [0.3, 0.4) is 0 Å². The van der Waals surface area contributed by atoms with Crippen LogP contribution in [0.15, 0.2) is 0 Å². The molecule has 8 nitrogen and oxygen atoms in total. The van der Waals surface area contributed by atoms with Crippen LogP contribution in [0, 0.1) is 46.3 Å². The predicted molar refractivity (Wildman–Crippen MR) is 151 cm³/mol. The number of carbonyl (C=O) groups is 5. The van der Waals surface area contributed by atoms with E-state index in [1.807, 2.05) is 13.8 Å². The van der Waals surface area contributed by atoms with Gasteiger partial charge < -0.3 is 24.2 Å². The fraction of sp³-hybridized carbons (Fsp3) is 0.844. The lowest BCUT2D eigenvalue weighted by Crippen LogP contribution is -2.43. The Bertz CT molecular complexity index is 889. The van der Waals surface area contributed by atoms with Crippen LogP contribution >= 0.6 is 0 Å². The third kappa shape index (κ3) is 8.01. The molecule has 8 heteroatoms. The minimum atomic E-state index is -0.562. The maximum Gasteiger partial charge on any atom is 0.310 e. The summed E-state index contributed by atoms with van der Waals surface area (Å²) in [6, 6.07) is 0. The Hall–Kier alpha value is -2.09. The summed E-state index contributed by atoms with van der Waals surface area (Å²) < 4.78 is 9.48. The molecule has 6 unspecified atom stereocenters. The lowest BCUT2D eigenvalue weighted by molar-refractivity contribution is -0.157. The lowest BCUT2D eigenvalue weighted by atomic mass is 9.62. The second-order valence-corrected chi connectivity index (χ2v) is 13.2. The van der Waals surface area contributed by atoms with E-state index in [0.717, 1.165) is 70.4 Å². The van der Waals surface area contributed by atoms with Gasteiger partial charge in [0.15, 0.2) is 0 Å². The highest BCUT2D eigenvalue weighted by molar-refractivity contribution is 5.82. The molecule has 40 heavy (non-hydrogen) atoms. The molecule has 10 atom stereocenters. The molecule has 0 aliphatic heterocycles. The molecule has 0 heterocycles. The van der Waals surface area contributed by atoms with Gasteiger partial charge in [-0.1, -0.05) is 34.1 Å². The first kappa shape index (κ1) is 34.1. The number of hydrogen-bond donors (Lipinski definition) is 1. The number of esters is 3. The van der Waals surface area contributed by atoms with Gasteiger partial charge in [-0.15, -0.1) is 0 Å². The van der Waals surface area contributed by atoms with E-state index in [2.05, 4.69) is 18.6 Å². The highest BCUT2D eigenvalue weighted by Gasteiger charge is 2.54. The molecule has 0 bridgehead atoms. The van der Waals surface area contributed by atoms with Crippen LogP contribution in [0.4, 0.5) is 0 Å². The van der Waals surface area contributed by atoms with Crippen molar-refractivity contribution in [2.45, 2.75) is 125 Å². The zero-order chi connectivity index (χ0) is 30.3. The van der Waals surface area contributed by atoms with Crippen LogP contribution in [0.5, 0.6) is 0 Å². The van der Waals surface area contributed by atoms with Gasteiger partial charge in [0.1, 0.15) is 18.7 Å². The molecule has 4 rings (SSSR count). The minimum Gasteiger partial charge on any atom is -0.462 e. The smallest absolute Gasteiger partial charge is 0.310 e. The van der Waals surface area contributed by atoms with E-state index in [9.17, 15) is 29.1 Å². The van der Waals surface area contributed by atoms with Crippen molar-refractivity contribution in [1.29, 1.82) is 0 Å². The average molecular weight is 565 g/mol. The average Bonchev–Trinajstić information content (AvgIpc) is 3.41. The second-order valence-electron chi connectivity index (χ2n) is 13.2. The van der Waals surface area contributed by atoms with Crippen molar-refractivity contribution in [3.05, 3.63) is 0 Å². The summed E-state index contributed by atoms with van der Waals surface area (Å²) >= 11 is 0. The van der Waals surface area contributed by atoms with Crippen molar-refractivity contribution in [2.75, 3.05) is 0 Å². The van der Waals surface area contributed by atoms with Gasteiger partial charge in [-0.3, -0.25) is 14.4 Å². The molecule has 4 saturated carbocycles. The van der Waals surface area contributed by atoms with Crippen molar-refractivity contribution in [2.24, 2.45) is 46.3 Å². The van der Waals surface area contributed by atoms with Crippen molar-refractivity contribution < 1.29 is 38.6 Å². The molecule has 0 aromatic heterocycles. The van der Waals surface area contributed by atoms with Gasteiger partial charge in [-0.25, -0.2) is 0 Å². The zero-order valence-corrected chi connectivity index (χ0v) is 25.6. The summed E-state index contributed by atoms with van der Waals surface area (Å²) in [5.74, 6) is 0.826. The predicted octanol–water partition coefficient (Wildman–Crippen LogP) is 5.46. The number of aliphatic hydroxyl groups is 1. The summed E-state index contributed by atoms with van der Waals surface area (Å²) in [4.78, 5) is 52.8. The van der Waals surface area contributed by atoms with Crippen molar-refractivity contribution in [3.63, 3.8) is 0 Å².